The lowest BCUT2D eigenvalue weighted by atomic mass is 9.91. The third kappa shape index (κ3) is 4.44. The topological polar surface area (TPSA) is 12.0 Å². The van der Waals surface area contributed by atoms with E-state index in [4.69, 9.17) is 0 Å². The summed E-state index contributed by atoms with van der Waals surface area (Å²) < 4.78 is 0. The van der Waals surface area contributed by atoms with Gasteiger partial charge in [-0.15, -0.1) is 0 Å². The lowest BCUT2D eigenvalue weighted by Gasteiger charge is -2.14. The molecule has 160 valence electrons. The van der Waals surface area contributed by atoms with Gasteiger partial charge in [0.1, 0.15) is 0 Å². The van der Waals surface area contributed by atoms with E-state index < -0.39 is 0 Å². The first-order valence-electron chi connectivity index (χ1n) is 11.4. The highest BCUT2D eigenvalue weighted by atomic mass is 14.9. The number of hydrogen-bond acceptors (Lipinski definition) is 1. The molecule has 0 aliphatic rings. The summed E-state index contributed by atoms with van der Waals surface area (Å²) in [5, 5.41) is 3.52. The van der Waals surface area contributed by atoms with Crippen molar-refractivity contribution >= 4 is 11.4 Å². The van der Waals surface area contributed by atoms with Gasteiger partial charge in [-0.25, -0.2) is 0 Å². The van der Waals surface area contributed by atoms with Crippen LogP contribution in [-0.4, -0.2) is 0 Å². The largest absolute Gasteiger partial charge is 0.356 e. The van der Waals surface area contributed by atoms with Gasteiger partial charge >= 0.3 is 0 Å². The van der Waals surface area contributed by atoms with Crippen molar-refractivity contribution in [3.63, 3.8) is 0 Å². The summed E-state index contributed by atoms with van der Waals surface area (Å²) in [6.07, 6.45) is 0. The molecule has 0 atom stereocenters. The van der Waals surface area contributed by atoms with E-state index in [1.807, 2.05) is 6.07 Å². The molecule has 0 aliphatic heterocycles. The Bertz CT molecular complexity index is 1360. The lowest BCUT2D eigenvalue weighted by molar-refractivity contribution is 1.40. The van der Waals surface area contributed by atoms with Crippen LogP contribution in [0, 0.1) is 13.8 Å². The van der Waals surface area contributed by atoms with E-state index in [0.717, 1.165) is 11.4 Å². The summed E-state index contributed by atoms with van der Waals surface area (Å²) in [6.45, 7) is 4.39. The Morgan fingerprint density at radius 3 is 1.58 bits per heavy atom. The maximum Gasteiger partial charge on any atom is 0.0384 e. The van der Waals surface area contributed by atoms with Crippen LogP contribution in [0.4, 0.5) is 11.4 Å². The Morgan fingerprint density at radius 1 is 0.394 bits per heavy atom. The van der Waals surface area contributed by atoms with Crippen molar-refractivity contribution in [3.8, 4) is 33.4 Å². The van der Waals surface area contributed by atoms with Crippen molar-refractivity contribution in [2.45, 2.75) is 13.8 Å². The number of aryl methyl sites for hydroxylation is 1. The van der Waals surface area contributed by atoms with Gasteiger partial charge < -0.3 is 5.32 Å². The minimum atomic E-state index is 1.08. The lowest BCUT2D eigenvalue weighted by Crippen LogP contribution is -1.92. The van der Waals surface area contributed by atoms with Crippen molar-refractivity contribution in [3.05, 3.63) is 132 Å². The molecule has 1 nitrogen and oxygen atoms in total. The molecule has 0 heterocycles. The van der Waals surface area contributed by atoms with Gasteiger partial charge in [0, 0.05) is 11.4 Å². The van der Waals surface area contributed by atoms with Gasteiger partial charge in [0.05, 0.1) is 0 Å². The van der Waals surface area contributed by atoms with Gasteiger partial charge in [-0.2, -0.15) is 0 Å². The monoisotopic (exact) mass is 425 g/mol. The fourth-order valence-corrected chi connectivity index (χ4v) is 4.39. The predicted molar refractivity (Wildman–Crippen MR) is 142 cm³/mol. The van der Waals surface area contributed by atoms with Crippen molar-refractivity contribution in [1.82, 2.24) is 0 Å². The average molecular weight is 426 g/mol. The van der Waals surface area contributed by atoms with E-state index in [1.165, 1.54) is 44.5 Å². The zero-order valence-electron chi connectivity index (χ0n) is 19.0. The number of nitrogens with one attached hydrogen (secondary N) is 1. The molecule has 1 N–H and O–H groups in total. The van der Waals surface area contributed by atoms with Crippen LogP contribution in [0.1, 0.15) is 11.1 Å². The Hall–Kier alpha value is -4.10. The zero-order chi connectivity index (χ0) is 22.6. The third-order valence-electron chi connectivity index (χ3n) is 6.25. The number of rotatable bonds is 5. The van der Waals surface area contributed by atoms with Gasteiger partial charge in [-0.05, 0) is 82.6 Å². The first-order chi connectivity index (χ1) is 16.2. The Morgan fingerprint density at radius 2 is 0.909 bits per heavy atom. The van der Waals surface area contributed by atoms with Gasteiger partial charge in [-0.1, -0.05) is 97.1 Å². The van der Waals surface area contributed by atoms with Crippen LogP contribution < -0.4 is 5.32 Å². The van der Waals surface area contributed by atoms with Crippen molar-refractivity contribution < 1.29 is 0 Å². The quantitative estimate of drug-likeness (QED) is 0.296. The van der Waals surface area contributed by atoms with E-state index in [2.05, 4.69) is 134 Å². The molecule has 1 heteroatoms. The van der Waals surface area contributed by atoms with Gasteiger partial charge in [0.15, 0.2) is 0 Å². The summed E-state index contributed by atoms with van der Waals surface area (Å²) in [5.41, 5.74) is 12.3. The van der Waals surface area contributed by atoms with Gasteiger partial charge in [-0.3, -0.25) is 0 Å². The normalized spacial score (nSPS) is 10.7. The van der Waals surface area contributed by atoms with Crippen molar-refractivity contribution in [1.29, 1.82) is 0 Å². The molecule has 0 unspecified atom stereocenters. The Balaban J connectivity index is 1.36. The fourth-order valence-electron chi connectivity index (χ4n) is 4.39. The van der Waals surface area contributed by atoms with E-state index in [-0.39, 0.29) is 0 Å². The van der Waals surface area contributed by atoms with E-state index in [1.54, 1.807) is 0 Å². The van der Waals surface area contributed by atoms with Crippen LogP contribution in [0.15, 0.2) is 121 Å². The molecule has 0 aliphatic carbocycles. The molecule has 0 bridgehead atoms. The second kappa shape index (κ2) is 9.18. The van der Waals surface area contributed by atoms with Crippen LogP contribution in [0.2, 0.25) is 0 Å². The van der Waals surface area contributed by atoms with Gasteiger partial charge in [0.2, 0.25) is 0 Å². The minimum absolute atomic E-state index is 1.08. The first kappa shape index (κ1) is 20.8. The molecule has 0 spiro atoms. The minimum Gasteiger partial charge on any atom is -0.356 e. The molecule has 0 fully saturated rings. The molecular weight excluding hydrogens is 398 g/mol. The molecule has 0 amide bonds. The third-order valence-corrected chi connectivity index (χ3v) is 6.25. The summed E-state index contributed by atoms with van der Waals surface area (Å²) >= 11 is 0. The molecular formula is C32H27N. The smallest absolute Gasteiger partial charge is 0.0384 e. The van der Waals surface area contributed by atoms with Crippen LogP contribution >= 0.6 is 0 Å². The molecule has 0 saturated heterocycles. The Labute approximate surface area is 196 Å². The molecule has 5 aromatic rings. The molecule has 5 rings (SSSR count). The second-order valence-corrected chi connectivity index (χ2v) is 8.44. The molecule has 5 aromatic carbocycles. The van der Waals surface area contributed by atoms with E-state index >= 15 is 0 Å². The highest BCUT2D eigenvalue weighted by Crippen LogP contribution is 2.34. The maximum atomic E-state index is 3.52. The van der Waals surface area contributed by atoms with Crippen LogP contribution in [0.3, 0.4) is 0 Å². The Kier molecular flexibility index (Phi) is 5.78. The first-order valence-corrected chi connectivity index (χ1v) is 11.4. The summed E-state index contributed by atoms with van der Waals surface area (Å²) in [5.74, 6) is 0. The van der Waals surface area contributed by atoms with E-state index in [9.17, 15) is 0 Å². The number of anilines is 2. The van der Waals surface area contributed by atoms with Crippen LogP contribution in [-0.2, 0) is 0 Å². The second-order valence-electron chi connectivity index (χ2n) is 8.44. The molecule has 0 radical (unpaired) electrons. The standard InChI is InChI=1S/C32H27N/c1-23-9-6-7-12-30(23)32-14-8-13-31(24(32)2)27-17-21-29(22-18-27)33-28-19-15-26(16-20-28)25-10-4-3-5-11-25/h3-22,33H,1-2H3. The maximum absolute atomic E-state index is 3.52. The van der Waals surface area contributed by atoms with Gasteiger partial charge in [0.25, 0.3) is 0 Å². The summed E-state index contributed by atoms with van der Waals surface area (Å²) in [6, 6.07) is 42.9. The fraction of sp³-hybridized carbons (Fsp3) is 0.0625. The zero-order valence-corrected chi connectivity index (χ0v) is 19.0. The average Bonchev–Trinajstić information content (AvgIpc) is 2.86. The number of benzene rings is 5. The van der Waals surface area contributed by atoms with Crippen LogP contribution in [0.25, 0.3) is 33.4 Å². The predicted octanol–water partition coefficient (Wildman–Crippen LogP) is 9.05. The SMILES string of the molecule is Cc1ccccc1-c1cccc(-c2ccc(Nc3ccc(-c4ccccc4)cc3)cc2)c1C. The van der Waals surface area contributed by atoms with Crippen molar-refractivity contribution in [2.75, 3.05) is 5.32 Å². The number of hydrogen-bond donors (Lipinski definition) is 1. The molecule has 0 saturated carbocycles. The highest BCUT2D eigenvalue weighted by molar-refractivity contribution is 5.80. The van der Waals surface area contributed by atoms with E-state index in [0.29, 0.717) is 0 Å². The summed E-state index contributed by atoms with van der Waals surface area (Å²) in [4.78, 5) is 0. The molecule has 0 aromatic heterocycles. The van der Waals surface area contributed by atoms with Crippen LogP contribution in [0.5, 0.6) is 0 Å². The molecule has 33 heavy (non-hydrogen) atoms. The van der Waals surface area contributed by atoms with Crippen molar-refractivity contribution in [2.24, 2.45) is 0 Å². The highest BCUT2D eigenvalue weighted by Gasteiger charge is 2.09. The summed E-state index contributed by atoms with van der Waals surface area (Å²) in [7, 11) is 0.